The number of ether oxygens (including phenoxy) is 2. The molecule has 0 aliphatic carbocycles. The Hall–Kier alpha value is -2.77. The minimum absolute atomic E-state index is 0.0583. The minimum Gasteiger partial charge on any atom is -0.507 e. The Morgan fingerprint density at radius 2 is 1.83 bits per heavy atom. The van der Waals surface area contributed by atoms with Crippen molar-refractivity contribution in [3.63, 3.8) is 0 Å². The largest absolute Gasteiger partial charge is 0.507 e. The van der Waals surface area contributed by atoms with Gasteiger partial charge in [0, 0.05) is 15.7 Å². The molecule has 3 rings (SSSR count). The van der Waals surface area contributed by atoms with Gasteiger partial charge in [0.15, 0.2) is 0 Å². The van der Waals surface area contributed by atoms with Gasteiger partial charge in [0.25, 0.3) is 0 Å². The zero-order valence-corrected chi connectivity index (χ0v) is 17.5. The van der Waals surface area contributed by atoms with Crippen LogP contribution in [0.2, 0.25) is 10.0 Å². The van der Waals surface area contributed by atoms with Gasteiger partial charge in [-0.1, -0.05) is 29.3 Å². The number of hydrogen-bond acceptors (Lipinski definition) is 7. The Morgan fingerprint density at radius 1 is 1.14 bits per heavy atom. The third-order valence-electron chi connectivity index (χ3n) is 3.78. The fourth-order valence-corrected chi connectivity index (χ4v) is 2.93. The highest BCUT2D eigenvalue weighted by atomic mass is 35.5. The van der Waals surface area contributed by atoms with Crippen LogP contribution >= 0.6 is 23.2 Å². The average molecular weight is 436 g/mol. The number of halogens is 2. The molecule has 0 aliphatic rings. The fourth-order valence-electron chi connectivity index (χ4n) is 2.40. The van der Waals surface area contributed by atoms with Crippen LogP contribution in [0.15, 0.2) is 36.4 Å². The Balaban J connectivity index is 1.91. The van der Waals surface area contributed by atoms with E-state index in [0.717, 1.165) is 0 Å². The summed E-state index contributed by atoms with van der Waals surface area (Å²) in [6, 6.07) is 9.76. The van der Waals surface area contributed by atoms with Gasteiger partial charge in [0.05, 0.1) is 10.9 Å². The molecule has 0 saturated heterocycles. The van der Waals surface area contributed by atoms with E-state index in [9.17, 15) is 9.90 Å². The van der Waals surface area contributed by atoms with Crippen molar-refractivity contribution in [1.82, 2.24) is 9.97 Å². The molecule has 2 N–H and O–H groups in total. The number of aromatic hydroxyl groups is 1. The van der Waals surface area contributed by atoms with Gasteiger partial charge in [-0.3, -0.25) is 4.79 Å². The zero-order chi connectivity index (χ0) is 21.2. The Kier molecular flexibility index (Phi) is 6.00. The maximum absolute atomic E-state index is 11.9. The van der Waals surface area contributed by atoms with Crippen LogP contribution in [0.3, 0.4) is 0 Å². The van der Waals surface area contributed by atoms with Crippen molar-refractivity contribution in [2.75, 3.05) is 12.1 Å². The van der Waals surface area contributed by atoms with Crippen LogP contribution in [0.4, 0.5) is 11.6 Å². The smallest absolute Gasteiger partial charge is 0.314 e. The SMILES string of the molecule is CC(C)(C)C(=O)OCOc1nc(Nc2cc(Cl)cc(Cl)c2)nc2cccc(O)c12. The number of rotatable bonds is 5. The number of nitrogens with zero attached hydrogens (tertiary/aromatic N) is 2. The molecule has 0 fully saturated rings. The van der Waals surface area contributed by atoms with Gasteiger partial charge in [0.2, 0.25) is 18.6 Å². The van der Waals surface area contributed by atoms with Crippen molar-refractivity contribution in [2.45, 2.75) is 20.8 Å². The number of esters is 1. The molecule has 152 valence electrons. The molecule has 0 saturated carbocycles. The first-order valence-electron chi connectivity index (χ1n) is 8.66. The summed E-state index contributed by atoms with van der Waals surface area (Å²) in [6.45, 7) is 4.84. The highest BCUT2D eigenvalue weighted by molar-refractivity contribution is 6.35. The fraction of sp³-hybridized carbons (Fsp3) is 0.250. The van der Waals surface area contributed by atoms with E-state index in [1.807, 2.05) is 0 Å². The van der Waals surface area contributed by atoms with Crippen LogP contribution in [0.5, 0.6) is 11.6 Å². The Bertz CT molecular complexity index is 1050. The highest BCUT2D eigenvalue weighted by Gasteiger charge is 2.23. The lowest BCUT2D eigenvalue weighted by atomic mass is 9.98. The maximum atomic E-state index is 11.9. The lowest BCUT2D eigenvalue weighted by Crippen LogP contribution is -2.24. The van der Waals surface area contributed by atoms with Crippen LogP contribution in [0.25, 0.3) is 10.9 Å². The van der Waals surface area contributed by atoms with E-state index in [-0.39, 0.29) is 24.4 Å². The van der Waals surface area contributed by atoms with Gasteiger partial charge >= 0.3 is 5.97 Å². The zero-order valence-electron chi connectivity index (χ0n) is 16.0. The van der Waals surface area contributed by atoms with Crippen LogP contribution < -0.4 is 10.1 Å². The van der Waals surface area contributed by atoms with Gasteiger partial charge < -0.3 is 19.9 Å². The summed E-state index contributed by atoms with van der Waals surface area (Å²) in [4.78, 5) is 20.6. The molecule has 1 heterocycles. The summed E-state index contributed by atoms with van der Waals surface area (Å²) in [7, 11) is 0. The maximum Gasteiger partial charge on any atom is 0.314 e. The van der Waals surface area contributed by atoms with Crippen LogP contribution in [-0.2, 0) is 9.53 Å². The van der Waals surface area contributed by atoms with Gasteiger partial charge in [-0.2, -0.15) is 4.98 Å². The second-order valence-electron chi connectivity index (χ2n) is 7.25. The normalized spacial score (nSPS) is 11.3. The minimum atomic E-state index is -0.669. The monoisotopic (exact) mass is 435 g/mol. The van der Waals surface area contributed by atoms with E-state index in [4.69, 9.17) is 32.7 Å². The number of carbonyl (C=O) groups is 1. The number of fused-ring (bicyclic) bond motifs is 1. The van der Waals surface area contributed by atoms with E-state index in [0.29, 0.717) is 26.6 Å². The third kappa shape index (κ3) is 5.19. The van der Waals surface area contributed by atoms with E-state index in [1.165, 1.54) is 6.07 Å². The molecule has 2 aromatic carbocycles. The Morgan fingerprint density at radius 3 is 2.48 bits per heavy atom. The van der Waals surface area contributed by atoms with Gasteiger partial charge in [0.1, 0.15) is 11.1 Å². The molecule has 0 bridgehead atoms. The second kappa shape index (κ2) is 8.31. The van der Waals surface area contributed by atoms with E-state index < -0.39 is 11.4 Å². The molecule has 7 nitrogen and oxygen atoms in total. The number of benzene rings is 2. The van der Waals surface area contributed by atoms with Crippen molar-refractivity contribution < 1.29 is 19.4 Å². The summed E-state index contributed by atoms with van der Waals surface area (Å²) in [5.74, 6) is -0.229. The molecule has 29 heavy (non-hydrogen) atoms. The van der Waals surface area contributed by atoms with Gasteiger partial charge in [-0.15, -0.1) is 0 Å². The first-order chi connectivity index (χ1) is 13.6. The summed E-state index contributed by atoms with van der Waals surface area (Å²) in [5, 5.41) is 14.4. The third-order valence-corrected chi connectivity index (χ3v) is 4.22. The second-order valence-corrected chi connectivity index (χ2v) is 8.12. The lowest BCUT2D eigenvalue weighted by Gasteiger charge is -2.17. The molecule has 0 spiro atoms. The van der Waals surface area contributed by atoms with Crippen molar-refractivity contribution in [3.8, 4) is 11.6 Å². The molecule has 3 aromatic rings. The molecule has 0 atom stereocenters. The predicted octanol–water partition coefficient (Wildman–Crippen LogP) is 5.31. The van der Waals surface area contributed by atoms with Gasteiger partial charge in [-0.05, 0) is 51.1 Å². The van der Waals surface area contributed by atoms with Crippen molar-refractivity contribution >= 4 is 51.7 Å². The van der Waals surface area contributed by atoms with E-state index >= 15 is 0 Å². The topological polar surface area (TPSA) is 93.6 Å². The van der Waals surface area contributed by atoms with E-state index in [1.54, 1.807) is 51.1 Å². The van der Waals surface area contributed by atoms with Crippen LogP contribution in [-0.4, -0.2) is 27.8 Å². The number of nitrogens with one attached hydrogen (secondary N) is 1. The summed E-state index contributed by atoms with van der Waals surface area (Å²) in [5.41, 5.74) is 0.345. The lowest BCUT2D eigenvalue weighted by molar-refractivity contribution is -0.159. The highest BCUT2D eigenvalue weighted by Crippen LogP contribution is 2.33. The molecular weight excluding hydrogens is 417 g/mol. The number of carbonyl (C=O) groups excluding carboxylic acids is 1. The molecule has 0 aliphatic heterocycles. The first-order valence-corrected chi connectivity index (χ1v) is 9.42. The molecule has 9 heteroatoms. The van der Waals surface area contributed by atoms with Gasteiger partial charge in [-0.25, -0.2) is 4.98 Å². The van der Waals surface area contributed by atoms with E-state index in [2.05, 4.69) is 15.3 Å². The number of anilines is 2. The van der Waals surface area contributed by atoms with Crippen molar-refractivity contribution in [1.29, 1.82) is 0 Å². The summed E-state index contributed by atoms with van der Waals surface area (Å²) < 4.78 is 10.7. The Labute approximate surface area is 177 Å². The van der Waals surface area contributed by atoms with Crippen LogP contribution in [0, 0.1) is 5.41 Å². The number of phenolic OH excluding ortho intramolecular Hbond substituents is 1. The first kappa shape index (κ1) is 21.0. The predicted molar refractivity (Wildman–Crippen MR) is 112 cm³/mol. The summed E-state index contributed by atoms with van der Waals surface area (Å²) in [6.07, 6.45) is 0. The molecule has 0 unspecified atom stereocenters. The molecule has 0 amide bonds. The molecule has 1 aromatic heterocycles. The van der Waals surface area contributed by atoms with Crippen molar-refractivity contribution in [3.05, 3.63) is 46.4 Å². The molecule has 0 radical (unpaired) electrons. The average Bonchev–Trinajstić information content (AvgIpc) is 2.59. The van der Waals surface area contributed by atoms with Crippen molar-refractivity contribution in [2.24, 2.45) is 5.41 Å². The number of hydrogen-bond donors (Lipinski definition) is 2. The summed E-state index contributed by atoms with van der Waals surface area (Å²) >= 11 is 12.1. The number of aromatic nitrogens is 2. The molecular formula is C20H19Cl2N3O4. The standard InChI is InChI=1S/C20H19Cl2N3O4/c1-20(2,3)18(27)29-10-28-17-16-14(5-4-6-15(16)26)24-19(25-17)23-13-8-11(21)7-12(22)9-13/h4-9,26H,10H2,1-3H3,(H,23,24,25). The number of phenols is 1. The van der Waals surface area contributed by atoms with Crippen LogP contribution in [0.1, 0.15) is 20.8 Å². The quantitative estimate of drug-likeness (QED) is 0.414.